The molecule has 1 aliphatic heterocycles. The molecule has 3 nitrogen and oxygen atoms in total. The van der Waals surface area contributed by atoms with E-state index in [9.17, 15) is 0 Å². The number of nitrogens with one attached hydrogen (secondary N) is 1. The first-order valence-electron chi connectivity index (χ1n) is 7.77. The Morgan fingerprint density at radius 2 is 2.05 bits per heavy atom. The Labute approximate surface area is 128 Å². The van der Waals surface area contributed by atoms with Gasteiger partial charge in [0.15, 0.2) is 0 Å². The van der Waals surface area contributed by atoms with Gasteiger partial charge in [-0.25, -0.2) is 0 Å². The van der Waals surface area contributed by atoms with Crippen molar-refractivity contribution in [2.75, 3.05) is 33.7 Å². The molecule has 2 heterocycles. The summed E-state index contributed by atoms with van der Waals surface area (Å²) in [6, 6.07) is 5.30. The lowest BCUT2D eigenvalue weighted by Crippen LogP contribution is -2.34. The molecule has 1 N–H and O–H groups in total. The summed E-state index contributed by atoms with van der Waals surface area (Å²) in [7, 11) is 4.40. The highest BCUT2D eigenvalue weighted by molar-refractivity contribution is 7.11. The first-order chi connectivity index (χ1) is 9.60. The highest BCUT2D eigenvalue weighted by Crippen LogP contribution is 2.24. The molecule has 1 fully saturated rings. The van der Waals surface area contributed by atoms with Gasteiger partial charge in [0.1, 0.15) is 0 Å². The van der Waals surface area contributed by atoms with Gasteiger partial charge in [0, 0.05) is 42.0 Å². The number of hydrogen-bond acceptors (Lipinski definition) is 4. The summed E-state index contributed by atoms with van der Waals surface area (Å²) in [5, 5.41) is 3.48. The van der Waals surface area contributed by atoms with Crippen molar-refractivity contribution in [2.45, 2.75) is 39.4 Å². The fourth-order valence-corrected chi connectivity index (χ4v) is 4.09. The number of hydrogen-bond donors (Lipinski definition) is 1. The number of rotatable bonds is 7. The third kappa shape index (κ3) is 4.29. The van der Waals surface area contributed by atoms with Crippen molar-refractivity contribution in [1.29, 1.82) is 0 Å². The van der Waals surface area contributed by atoms with Crippen molar-refractivity contribution in [3.05, 3.63) is 21.9 Å². The fraction of sp³-hybridized carbons (Fsp3) is 0.750. The second-order valence-electron chi connectivity index (χ2n) is 6.25. The van der Waals surface area contributed by atoms with Gasteiger partial charge in [0.05, 0.1) is 0 Å². The predicted molar refractivity (Wildman–Crippen MR) is 88.2 cm³/mol. The van der Waals surface area contributed by atoms with Crippen molar-refractivity contribution >= 4 is 11.3 Å². The molecule has 0 saturated carbocycles. The van der Waals surface area contributed by atoms with Gasteiger partial charge < -0.3 is 10.2 Å². The molecule has 1 aromatic heterocycles. The smallest absolute Gasteiger partial charge is 0.0328 e. The zero-order chi connectivity index (χ0) is 14.5. The second-order valence-corrected chi connectivity index (χ2v) is 7.50. The van der Waals surface area contributed by atoms with E-state index >= 15 is 0 Å². The van der Waals surface area contributed by atoms with Gasteiger partial charge in [-0.2, -0.15) is 0 Å². The van der Waals surface area contributed by atoms with E-state index in [-0.39, 0.29) is 0 Å². The summed E-state index contributed by atoms with van der Waals surface area (Å²) in [5.74, 6) is 0.774. The molecule has 4 heteroatoms. The molecular formula is C16H29N3S. The van der Waals surface area contributed by atoms with Gasteiger partial charge in [-0.1, -0.05) is 13.8 Å². The SMILES string of the molecule is CCCNCc1ccc(CN2CC(C)C(N(C)C)C2)s1. The molecule has 2 rings (SSSR count). The van der Waals surface area contributed by atoms with Crippen molar-refractivity contribution in [3.63, 3.8) is 0 Å². The lowest BCUT2D eigenvalue weighted by Gasteiger charge is -2.22. The highest BCUT2D eigenvalue weighted by atomic mass is 32.1. The Bertz CT molecular complexity index is 402. The van der Waals surface area contributed by atoms with Crippen molar-refractivity contribution < 1.29 is 0 Å². The molecule has 1 aromatic rings. The largest absolute Gasteiger partial charge is 0.312 e. The van der Waals surface area contributed by atoms with Crippen LogP contribution in [-0.2, 0) is 13.1 Å². The van der Waals surface area contributed by atoms with Gasteiger partial charge >= 0.3 is 0 Å². The van der Waals surface area contributed by atoms with Crippen molar-refractivity contribution in [1.82, 2.24) is 15.1 Å². The Kier molecular flexibility index (Phi) is 6.02. The minimum absolute atomic E-state index is 0.709. The molecule has 0 radical (unpaired) electrons. The van der Waals surface area contributed by atoms with Crippen molar-refractivity contribution in [2.24, 2.45) is 5.92 Å². The van der Waals surface area contributed by atoms with Crippen LogP contribution in [0.2, 0.25) is 0 Å². The molecule has 0 spiro atoms. The van der Waals surface area contributed by atoms with Crippen LogP contribution in [0.4, 0.5) is 0 Å². The van der Waals surface area contributed by atoms with Crippen LogP contribution in [0.5, 0.6) is 0 Å². The van der Waals surface area contributed by atoms with E-state index < -0.39 is 0 Å². The van der Waals surface area contributed by atoms with Crippen molar-refractivity contribution in [3.8, 4) is 0 Å². The molecule has 114 valence electrons. The maximum absolute atomic E-state index is 3.48. The normalized spacial score (nSPS) is 23.9. The van der Waals surface area contributed by atoms with Gasteiger partial charge in [-0.3, -0.25) is 4.90 Å². The molecule has 1 aliphatic rings. The molecule has 1 saturated heterocycles. The molecule has 2 atom stereocenters. The zero-order valence-electron chi connectivity index (χ0n) is 13.4. The number of thiophene rings is 1. The zero-order valence-corrected chi connectivity index (χ0v) is 14.2. The third-order valence-corrected chi connectivity index (χ3v) is 5.20. The van der Waals surface area contributed by atoms with Gasteiger partial charge in [-0.15, -0.1) is 11.3 Å². The summed E-state index contributed by atoms with van der Waals surface area (Å²) < 4.78 is 0. The van der Waals surface area contributed by atoms with Crippen LogP contribution in [-0.4, -0.2) is 49.6 Å². The van der Waals surface area contributed by atoms with Gasteiger partial charge in [0.25, 0.3) is 0 Å². The minimum Gasteiger partial charge on any atom is -0.312 e. The number of likely N-dealkylation sites (N-methyl/N-ethyl adjacent to an activating group) is 1. The van der Waals surface area contributed by atoms with Crippen LogP contribution in [0.3, 0.4) is 0 Å². The molecule has 0 aromatic carbocycles. The average Bonchev–Trinajstić information content (AvgIpc) is 2.97. The maximum Gasteiger partial charge on any atom is 0.0328 e. The lowest BCUT2D eigenvalue weighted by atomic mass is 10.1. The van der Waals surface area contributed by atoms with Crippen LogP contribution in [0.1, 0.15) is 30.0 Å². The van der Waals surface area contributed by atoms with E-state index in [4.69, 9.17) is 0 Å². The number of nitrogens with zero attached hydrogens (tertiary/aromatic N) is 2. The van der Waals surface area contributed by atoms with Crippen LogP contribution in [0.25, 0.3) is 0 Å². The summed E-state index contributed by atoms with van der Waals surface area (Å²) in [5.41, 5.74) is 0. The van der Waals surface area contributed by atoms with Gasteiger partial charge in [-0.05, 0) is 45.1 Å². The standard InChI is InChI=1S/C16H29N3S/c1-5-8-17-9-14-6-7-15(20-14)11-19-10-13(2)16(12-19)18(3)4/h6-7,13,16-17H,5,8-12H2,1-4H3. The van der Waals surface area contributed by atoms with E-state index in [1.54, 1.807) is 0 Å². The highest BCUT2D eigenvalue weighted by Gasteiger charge is 2.30. The summed E-state index contributed by atoms with van der Waals surface area (Å²) in [6.45, 7) is 10.3. The lowest BCUT2D eigenvalue weighted by molar-refractivity contribution is 0.251. The maximum atomic E-state index is 3.48. The van der Waals surface area contributed by atoms with Crippen LogP contribution < -0.4 is 5.32 Å². The first kappa shape index (κ1) is 16.0. The van der Waals surface area contributed by atoms with E-state index in [0.29, 0.717) is 6.04 Å². The monoisotopic (exact) mass is 295 g/mol. The third-order valence-electron chi connectivity index (χ3n) is 4.13. The number of likely N-dealkylation sites (tertiary alicyclic amines) is 1. The minimum atomic E-state index is 0.709. The summed E-state index contributed by atoms with van der Waals surface area (Å²) in [4.78, 5) is 7.94. The van der Waals surface area contributed by atoms with E-state index in [1.165, 1.54) is 29.3 Å². The molecular weight excluding hydrogens is 266 g/mol. The Balaban J connectivity index is 1.82. The Hall–Kier alpha value is -0.420. The summed E-state index contributed by atoms with van der Waals surface area (Å²) in [6.07, 6.45) is 1.20. The Morgan fingerprint density at radius 1 is 1.30 bits per heavy atom. The first-order valence-corrected chi connectivity index (χ1v) is 8.59. The molecule has 0 aliphatic carbocycles. The van der Waals surface area contributed by atoms with Crippen LogP contribution in [0.15, 0.2) is 12.1 Å². The van der Waals surface area contributed by atoms with Crippen LogP contribution in [0, 0.1) is 5.92 Å². The van der Waals surface area contributed by atoms with E-state index in [1.807, 2.05) is 11.3 Å². The predicted octanol–water partition coefficient (Wildman–Crippen LogP) is 2.63. The molecule has 0 amide bonds. The van der Waals surface area contributed by atoms with Crippen LogP contribution >= 0.6 is 11.3 Å². The van der Waals surface area contributed by atoms with Gasteiger partial charge in [0.2, 0.25) is 0 Å². The quantitative estimate of drug-likeness (QED) is 0.780. The Morgan fingerprint density at radius 3 is 2.70 bits per heavy atom. The molecule has 20 heavy (non-hydrogen) atoms. The average molecular weight is 295 g/mol. The fourth-order valence-electron chi connectivity index (χ4n) is 3.06. The second kappa shape index (κ2) is 7.55. The molecule has 0 bridgehead atoms. The molecule has 2 unspecified atom stereocenters. The van der Waals surface area contributed by atoms with E-state index in [0.717, 1.165) is 25.6 Å². The van der Waals surface area contributed by atoms with E-state index in [2.05, 4.69) is 55.2 Å². The summed E-state index contributed by atoms with van der Waals surface area (Å²) >= 11 is 1.96. The topological polar surface area (TPSA) is 18.5 Å².